The second kappa shape index (κ2) is 4.56. The van der Waals surface area contributed by atoms with Gasteiger partial charge in [-0.05, 0) is 19.9 Å². The van der Waals surface area contributed by atoms with Gasteiger partial charge in [-0.3, -0.25) is 4.79 Å². The Morgan fingerprint density at radius 1 is 1.56 bits per heavy atom. The van der Waals surface area contributed by atoms with Crippen LogP contribution in [-0.4, -0.2) is 42.3 Å². The molecule has 2 atom stereocenters. The quantitative estimate of drug-likeness (QED) is 0.754. The predicted molar refractivity (Wildman–Crippen MR) is 63.9 cm³/mol. The van der Waals surface area contributed by atoms with E-state index in [1.54, 1.807) is 0 Å². The van der Waals surface area contributed by atoms with Crippen molar-refractivity contribution in [1.82, 2.24) is 20.8 Å². The van der Waals surface area contributed by atoms with Crippen molar-refractivity contribution in [2.75, 3.05) is 25.0 Å². The van der Waals surface area contributed by atoms with Crippen LogP contribution in [0.15, 0.2) is 4.42 Å². The number of hydrogen-bond donors (Lipinski definition) is 2. The zero-order valence-corrected chi connectivity index (χ0v) is 10.3. The molecule has 2 unspecified atom stereocenters. The van der Waals surface area contributed by atoms with Crippen LogP contribution in [0.3, 0.4) is 0 Å². The van der Waals surface area contributed by atoms with Crippen LogP contribution < -0.4 is 15.5 Å². The largest absolute Gasteiger partial charge is 0.407 e. The van der Waals surface area contributed by atoms with Crippen molar-refractivity contribution in [3.63, 3.8) is 0 Å². The normalized spacial score (nSPS) is 27.2. The van der Waals surface area contributed by atoms with Crippen LogP contribution in [0.5, 0.6) is 0 Å². The van der Waals surface area contributed by atoms with Gasteiger partial charge < -0.3 is 20.0 Å². The molecule has 2 saturated heterocycles. The molecule has 0 spiro atoms. The molecule has 2 N–H and O–H groups in total. The topological polar surface area (TPSA) is 83.3 Å². The maximum absolute atomic E-state index is 11.7. The molecule has 7 heteroatoms. The van der Waals surface area contributed by atoms with E-state index in [1.807, 2.05) is 7.05 Å². The monoisotopic (exact) mass is 251 g/mol. The zero-order valence-electron chi connectivity index (χ0n) is 10.3. The Balaban J connectivity index is 1.79. The molecule has 3 heterocycles. The van der Waals surface area contributed by atoms with Crippen LogP contribution in [0, 0.1) is 5.92 Å². The maximum atomic E-state index is 11.7. The highest BCUT2D eigenvalue weighted by molar-refractivity contribution is 5.82. The molecule has 1 amide bonds. The van der Waals surface area contributed by atoms with Gasteiger partial charge in [0.25, 0.3) is 0 Å². The number of carbonyl (C=O) groups is 1. The highest BCUT2D eigenvalue weighted by atomic mass is 16.4. The summed E-state index contributed by atoms with van der Waals surface area (Å²) in [6.45, 7) is 2.11. The average Bonchev–Trinajstić information content (AvgIpc) is 2.98. The molecule has 2 aliphatic rings. The summed E-state index contributed by atoms with van der Waals surface area (Å²) in [6.07, 6.45) is 1.93. The van der Waals surface area contributed by atoms with Gasteiger partial charge in [0, 0.05) is 13.1 Å². The lowest BCUT2D eigenvalue weighted by Crippen LogP contribution is -2.45. The fourth-order valence-corrected chi connectivity index (χ4v) is 2.77. The van der Waals surface area contributed by atoms with Crippen molar-refractivity contribution in [3.8, 4) is 0 Å². The lowest BCUT2D eigenvalue weighted by molar-refractivity contribution is -0.123. The standard InChI is InChI=1S/C11H17N5O2/c1-12-6-9-14-15-11(18-9)16-4-2-3-7-8(16)5-13-10(7)17/h7-8,12H,2-6H2,1H3,(H,13,17). The molecular formula is C11H17N5O2. The zero-order chi connectivity index (χ0) is 12.5. The third-order valence-electron chi connectivity index (χ3n) is 3.63. The number of aromatic nitrogens is 2. The van der Waals surface area contributed by atoms with Crippen molar-refractivity contribution >= 4 is 11.9 Å². The summed E-state index contributed by atoms with van der Waals surface area (Å²) in [5.41, 5.74) is 0. The molecule has 7 nitrogen and oxygen atoms in total. The lowest BCUT2D eigenvalue weighted by Gasteiger charge is -2.34. The van der Waals surface area contributed by atoms with Crippen LogP contribution in [0.1, 0.15) is 18.7 Å². The lowest BCUT2D eigenvalue weighted by atomic mass is 9.92. The minimum Gasteiger partial charge on any atom is -0.407 e. The van der Waals surface area contributed by atoms with Gasteiger partial charge in [-0.25, -0.2) is 0 Å². The molecule has 18 heavy (non-hydrogen) atoms. The molecule has 2 fully saturated rings. The number of rotatable bonds is 3. The van der Waals surface area contributed by atoms with Gasteiger partial charge in [-0.1, -0.05) is 5.10 Å². The third kappa shape index (κ3) is 1.84. The van der Waals surface area contributed by atoms with Gasteiger partial charge in [0.05, 0.1) is 18.5 Å². The number of hydrogen-bond acceptors (Lipinski definition) is 6. The minimum absolute atomic E-state index is 0.0680. The minimum atomic E-state index is 0.0680. The molecular weight excluding hydrogens is 234 g/mol. The number of nitrogens with zero attached hydrogens (tertiary/aromatic N) is 3. The summed E-state index contributed by atoms with van der Waals surface area (Å²) in [6, 6.07) is 0.695. The summed E-state index contributed by atoms with van der Waals surface area (Å²) in [7, 11) is 1.83. The van der Waals surface area contributed by atoms with Gasteiger partial charge in [-0.15, -0.1) is 5.10 Å². The molecule has 0 aliphatic carbocycles. The Morgan fingerprint density at radius 2 is 2.44 bits per heavy atom. The van der Waals surface area contributed by atoms with E-state index in [0.717, 1.165) is 19.4 Å². The Kier molecular flexibility index (Phi) is 2.91. The molecule has 0 saturated carbocycles. The Morgan fingerprint density at radius 3 is 3.28 bits per heavy atom. The SMILES string of the molecule is CNCc1nnc(N2CCCC3C(=O)NCC32)o1. The first kappa shape index (κ1) is 11.5. The Bertz CT molecular complexity index is 446. The van der Waals surface area contributed by atoms with Crippen molar-refractivity contribution in [2.45, 2.75) is 25.4 Å². The van der Waals surface area contributed by atoms with E-state index in [2.05, 4.69) is 25.7 Å². The summed E-state index contributed by atoms with van der Waals surface area (Å²) >= 11 is 0. The number of anilines is 1. The molecule has 0 radical (unpaired) electrons. The highest BCUT2D eigenvalue weighted by Gasteiger charge is 2.42. The van der Waals surface area contributed by atoms with Crippen LogP contribution in [0.4, 0.5) is 6.01 Å². The third-order valence-corrected chi connectivity index (χ3v) is 3.63. The average molecular weight is 251 g/mol. The summed E-state index contributed by atoms with van der Waals surface area (Å²) in [4.78, 5) is 13.7. The van der Waals surface area contributed by atoms with Crippen molar-refractivity contribution < 1.29 is 9.21 Å². The van der Waals surface area contributed by atoms with E-state index in [1.165, 1.54) is 0 Å². The number of fused-ring (bicyclic) bond motifs is 1. The molecule has 98 valence electrons. The molecule has 2 aliphatic heterocycles. The summed E-state index contributed by atoms with van der Waals surface area (Å²) in [5.74, 6) is 0.796. The first-order valence-electron chi connectivity index (χ1n) is 6.31. The van der Waals surface area contributed by atoms with Gasteiger partial charge in [0.2, 0.25) is 11.8 Å². The first-order valence-corrected chi connectivity index (χ1v) is 6.31. The number of amides is 1. The molecule has 1 aromatic heterocycles. The fourth-order valence-electron chi connectivity index (χ4n) is 2.77. The van der Waals surface area contributed by atoms with Gasteiger partial charge in [0.15, 0.2) is 0 Å². The first-order chi connectivity index (χ1) is 8.79. The van der Waals surface area contributed by atoms with E-state index < -0.39 is 0 Å². The Labute approximate surface area is 105 Å². The van der Waals surface area contributed by atoms with Crippen molar-refractivity contribution in [3.05, 3.63) is 5.89 Å². The van der Waals surface area contributed by atoms with Crippen LogP contribution >= 0.6 is 0 Å². The number of carbonyl (C=O) groups excluding carboxylic acids is 1. The van der Waals surface area contributed by atoms with E-state index >= 15 is 0 Å². The van der Waals surface area contributed by atoms with Crippen molar-refractivity contribution in [1.29, 1.82) is 0 Å². The fraction of sp³-hybridized carbons (Fsp3) is 0.727. The van der Waals surface area contributed by atoms with Crippen molar-refractivity contribution in [2.24, 2.45) is 5.92 Å². The number of piperidine rings is 1. The highest BCUT2D eigenvalue weighted by Crippen LogP contribution is 2.30. The summed E-state index contributed by atoms with van der Waals surface area (Å²) < 4.78 is 5.61. The Hall–Kier alpha value is -1.63. The van der Waals surface area contributed by atoms with E-state index in [-0.39, 0.29) is 17.9 Å². The smallest absolute Gasteiger partial charge is 0.318 e. The van der Waals surface area contributed by atoms with E-state index in [0.29, 0.717) is 25.0 Å². The van der Waals surface area contributed by atoms with E-state index in [4.69, 9.17) is 4.42 Å². The van der Waals surface area contributed by atoms with E-state index in [9.17, 15) is 4.79 Å². The van der Waals surface area contributed by atoms with Crippen LogP contribution in [0.2, 0.25) is 0 Å². The molecule has 3 rings (SSSR count). The number of nitrogens with one attached hydrogen (secondary N) is 2. The molecule has 0 bridgehead atoms. The second-order valence-corrected chi connectivity index (χ2v) is 4.76. The second-order valence-electron chi connectivity index (χ2n) is 4.76. The maximum Gasteiger partial charge on any atom is 0.318 e. The van der Waals surface area contributed by atoms with Gasteiger partial charge in [-0.2, -0.15) is 0 Å². The van der Waals surface area contributed by atoms with Crippen LogP contribution in [0.25, 0.3) is 0 Å². The molecule has 1 aromatic rings. The molecule has 0 aromatic carbocycles. The van der Waals surface area contributed by atoms with Gasteiger partial charge in [0.1, 0.15) is 0 Å². The predicted octanol–water partition coefficient (Wildman–Crippen LogP) is -0.496. The van der Waals surface area contributed by atoms with Crippen LogP contribution in [-0.2, 0) is 11.3 Å². The van der Waals surface area contributed by atoms with Gasteiger partial charge >= 0.3 is 6.01 Å². The summed E-state index contributed by atoms with van der Waals surface area (Å²) in [5, 5.41) is 13.9.